The molecule has 0 heterocycles. The van der Waals surface area contributed by atoms with Gasteiger partial charge in [0.05, 0.1) is 15.6 Å². The van der Waals surface area contributed by atoms with Crippen LogP contribution in [0.5, 0.6) is 5.75 Å². The van der Waals surface area contributed by atoms with Crippen molar-refractivity contribution in [1.82, 2.24) is 5.32 Å². The largest absolute Gasteiger partial charge is 0.506 e. The molecule has 1 amide bonds. The van der Waals surface area contributed by atoms with E-state index in [4.69, 9.17) is 5.11 Å². The van der Waals surface area contributed by atoms with E-state index >= 15 is 0 Å². The van der Waals surface area contributed by atoms with Crippen molar-refractivity contribution in [3.05, 3.63) is 26.6 Å². The van der Waals surface area contributed by atoms with Crippen LogP contribution in [0.15, 0.2) is 21.1 Å². The Kier molecular flexibility index (Phi) is 4.56. The summed E-state index contributed by atoms with van der Waals surface area (Å²) in [5.74, 6) is -0.251. The van der Waals surface area contributed by atoms with Crippen LogP contribution in [0.25, 0.3) is 0 Å². The Hall–Kier alpha value is -0.590. The highest BCUT2D eigenvalue weighted by atomic mass is 79.9. The van der Waals surface area contributed by atoms with Gasteiger partial charge in [-0.3, -0.25) is 4.79 Å². The fourth-order valence-corrected chi connectivity index (χ4v) is 2.15. The van der Waals surface area contributed by atoms with Crippen molar-refractivity contribution in [2.75, 3.05) is 13.2 Å². The SMILES string of the molecule is O=C(NCCO)c1cc(Br)c(O)c(Br)c1. The number of nitrogens with one attached hydrogen (secondary N) is 1. The second-order valence-corrected chi connectivity index (χ2v) is 4.48. The first-order valence-electron chi connectivity index (χ1n) is 4.13. The summed E-state index contributed by atoms with van der Waals surface area (Å²) in [5, 5.41) is 20.5. The molecule has 0 radical (unpaired) electrons. The van der Waals surface area contributed by atoms with Crippen molar-refractivity contribution in [1.29, 1.82) is 0 Å². The van der Waals surface area contributed by atoms with Crippen molar-refractivity contribution in [3.8, 4) is 5.75 Å². The summed E-state index contributed by atoms with van der Waals surface area (Å²) in [5.41, 5.74) is 0.403. The minimum absolute atomic E-state index is 0.0497. The Bertz CT molecular complexity index is 359. The van der Waals surface area contributed by atoms with E-state index in [1.807, 2.05) is 0 Å². The van der Waals surface area contributed by atoms with Gasteiger partial charge < -0.3 is 15.5 Å². The molecule has 3 N–H and O–H groups in total. The normalized spacial score (nSPS) is 10.1. The molecule has 1 rings (SSSR count). The molecule has 1 aromatic rings. The number of rotatable bonds is 3. The Morgan fingerprint density at radius 1 is 1.33 bits per heavy atom. The van der Waals surface area contributed by atoms with Gasteiger partial charge in [0.25, 0.3) is 5.91 Å². The average Bonchev–Trinajstić information content (AvgIpc) is 2.21. The molecule has 15 heavy (non-hydrogen) atoms. The third kappa shape index (κ3) is 3.19. The molecule has 1 aromatic carbocycles. The van der Waals surface area contributed by atoms with E-state index in [0.717, 1.165) is 0 Å². The lowest BCUT2D eigenvalue weighted by Crippen LogP contribution is -2.26. The highest BCUT2D eigenvalue weighted by Crippen LogP contribution is 2.33. The van der Waals surface area contributed by atoms with Crippen molar-refractivity contribution < 1.29 is 15.0 Å². The molecule has 0 fully saturated rings. The molecule has 0 unspecified atom stereocenters. The van der Waals surface area contributed by atoms with Gasteiger partial charge in [0.15, 0.2) is 0 Å². The zero-order chi connectivity index (χ0) is 11.4. The highest BCUT2D eigenvalue weighted by molar-refractivity contribution is 9.11. The van der Waals surface area contributed by atoms with Crippen LogP contribution in [0.1, 0.15) is 10.4 Å². The van der Waals surface area contributed by atoms with Gasteiger partial charge in [-0.1, -0.05) is 0 Å². The molecule has 0 aliphatic carbocycles. The quantitative estimate of drug-likeness (QED) is 0.784. The van der Waals surface area contributed by atoms with E-state index < -0.39 is 0 Å². The molecular weight excluding hydrogens is 330 g/mol. The van der Waals surface area contributed by atoms with Gasteiger partial charge in [0.1, 0.15) is 5.75 Å². The number of phenols is 1. The third-order valence-corrected chi connectivity index (χ3v) is 2.89. The van der Waals surface area contributed by atoms with Gasteiger partial charge in [-0.15, -0.1) is 0 Å². The van der Waals surface area contributed by atoms with Crippen LogP contribution in [0.4, 0.5) is 0 Å². The zero-order valence-corrected chi connectivity index (χ0v) is 10.8. The van der Waals surface area contributed by atoms with E-state index in [-0.39, 0.29) is 24.8 Å². The van der Waals surface area contributed by atoms with Gasteiger partial charge in [0, 0.05) is 12.1 Å². The second kappa shape index (κ2) is 5.48. The number of hydrogen-bond donors (Lipinski definition) is 3. The number of benzene rings is 1. The van der Waals surface area contributed by atoms with Crippen molar-refractivity contribution in [2.45, 2.75) is 0 Å². The smallest absolute Gasteiger partial charge is 0.251 e. The Morgan fingerprint density at radius 3 is 2.33 bits per heavy atom. The van der Waals surface area contributed by atoms with Crippen LogP contribution in [0, 0.1) is 0 Å². The fourth-order valence-electron chi connectivity index (χ4n) is 0.968. The molecule has 6 heteroatoms. The summed E-state index contributed by atoms with van der Waals surface area (Å²) in [4.78, 5) is 11.5. The average molecular weight is 339 g/mol. The molecule has 0 bridgehead atoms. The molecule has 0 aliphatic rings. The summed E-state index contributed by atoms with van der Waals surface area (Å²) in [7, 11) is 0. The van der Waals surface area contributed by atoms with Gasteiger partial charge in [-0.05, 0) is 44.0 Å². The Labute approximate surface area is 104 Å². The lowest BCUT2D eigenvalue weighted by Gasteiger charge is -2.06. The molecule has 0 aromatic heterocycles. The summed E-state index contributed by atoms with van der Waals surface area (Å²) >= 11 is 6.25. The molecule has 4 nitrogen and oxygen atoms in total. The lowest BCUT2D eigenvalue weighted by atomic mass is 10.2. The van der Waals surface area contributed by atoms with E-state index in [2.05, 4.69) is 37.2 Å². The number of aromatic hydroxyl groups is 1. The van der Waals surface area contributed by atoms with Crippen LogP contribution in [-0.4, -0.2) is 29.3 Å². The van der Waals surface area contributed by atoms with Crippen LogP contribution in [0.3, 0.4) is 0 Å². The maximum atomic E-state index is 11.5. The minimum atomic E-state index is -0.301. The van der Waals surface area contributed by atoms with Gasteiger partial charge in [-0.25, -0.2) is 0 Å². The van der Waals surface area contributed by atoms with E-state index in [1.165, 1.54) is 12.1 Å². The lowest BCUT2D eigenvalue weighted by molar-refractivity contribution is 0.0944. The van der Waals surface area contributed by atoms with E-state index in [1.54, 1.807) is 0 Å². The van der Waals surface area contributed by atoms with Crippen LogP contribution >= 0.6 is 31.9 Å². The maximum Gasteiger partial charge on any atom is 0.251 e. The molecule has 0 atom stereocenters. The number of halogens is 2. The standard InChI is InChI=1S/C9H9Br2NO3/c10-6-3-5(4-7(11)8(6)14)9(15)12-1-2-13/h3-4,13-14H,1-2H2,(H,12,15). The van der Waals surface area contributed by atoms with Crippen LogP contribution in [0.2, 0.25) is 0 Å². The third-order valence-electron chi connectivity index (χ3n) is 1.68. The number of phenolic OH excluding ortho intramolecular Hbond substituents is 1. The first kappa shape index (κ1) is 12.5. The Balaban J connectivity index is 2.91. The first-order chi connectivity index (χ1) is 7.06. The van der Waals surface area contributed by atoms with E-state index in [0.29, 0.717) is 14.5 Å². The summed E-state index contributed by atoms with van der Waals surface area (Å²) in [6.45, 7) is 0.0983. The molecule has 0 aliphatic heterocycles. The minimum Gasteiger partial charge on any atom is -0.506 e. The van der Waals surface area contributed by atoms with Crippen LogP contribution < -0.4 is 5.32 Å². The van der Waals surface area contributed by atoms with Crippen molar-refractivity contribution in [3.63, 3.8) is 0 Å². The van der Waals surface area contributed by atoms with E-state index in [9.17, 15) is 9.90 Å². The van der Waals surface area contributed by atoms with Crippen molar-refractivity contribution >= 4 is 37.8 Å². The monoisotopic (exact) mass is 337 g/mol. The second-order valence-electron chi connectivity index (χ2n) is 2.77. The number of carbonyl (C=O) groups excluding carboxylic acids is 1. The number of carbonyl (C=O) groups is 1. The first-order valence-corrected chi connectivity index (χ1v) is 5.72. The highest BCUT2D eigenvalue weighted by Gasteiger charge is 2.10. The zero-order valence-electron chi connectivity index (χ0n) is 7.63. The Morgan fingerprint density at radius 2 is 1.87 bits per heavy atom. The van der Waals surface area contributed by atoms with Crippen molar-refractivity contribution in [2.24, 2.45) is 0 Å². The van der Waals surface area contributed by atoms with Gasteiger partial charge in [-0.2, -0.15) is 0 Å². The number of amides is 1. The number of hydrogen-bond acceptors (Lipinski definition) is 3. The number of aliphatic hydroxyl groups excluding tert-OH is 1. The predicted octanol–water partition coefficient (Wildman–Crippen LogP) is 1.64. The number of aliphatic hydroxyl groups is 1. The van der Waals surface area contributed by atoms with Crippen LogP contribution in [-0.2, 0) is 0 Å². The summed E-state index contributed by atoms with van der Waals surface area (Å²) in [6, 6.07) is 3.01. The fraction of sp³-hybridized carbons (Fsp3) is 0.222. The predicted molar refractivity (Wildman–Crippen MR) is 62.9 cm³/mol. The van der Waals surface area contributed by atoms with Gasteiger partial charge in [0.2, 0.25) is 0 Å². The summed E-state index contributed by atoms with van der Waals surface area (Å²) < 4.78 is 0.872. The van der Waals surface area contributed by atoms with Gasteiger partial charge >= 0.3 is 0 Å². The molecule has 0 saturated heterocycles. The molecular formula is C9H9Br2NO3. The maximum absolute atomic E-state index is 11.5. The molecule has 0 spiro atoms. The molecule has 0 saturated carbocycles. The molecule has 82 valence electrons. The topological polar surface area (TPSA) is 69.6 Å². The summed E-state index contributed by atoms with van der Waals surface area (Å²) in [6.07, 6.45) is 0.